The van der Waals surface area contributed by atoms with E-state index in [0.717, 1.165) is 0 Å². The lowest BCUT2D eigenvalue weighted by molar-refractivity contribution is -0.114. The van der Waals surface area contributed by atoms with E-state index in [0.29, 0.717) is 5.57 Å². The highest BCUT2D eigenvalue weighted by Crippen LogP contribution is 1.92. The molecule has 2 heteroatoms. The summed E-state index contributed by atoms with van der Waals surface area (Å²) in [6, 6.07) is 0. The molecule has 0 fully saturated rings. The summed E-state index contributed by atoms with van der Waals surface area (Å²) >= 11 is 0. The summed E-state index contributed by atoms with van der Waals surface area (Å²) in [5.74, 6) is -0.243. The molecule has 0 bridgehead atoms. The van der Waals surface area contributed by atoms with Gasteiger partial charge in [-0.05, 0) is 20.6 Å². The van der Waals surface area contributed by atoms with Crippen LogP contribution in [-0.4, -0.2) is 12.6 Å². The van der Waals surface area contributed by atoms with Gasteiger partial charge in [-0.1, -0.05) is 6.08 Å². The number of carbonyl (C=O) groups excluding carboxylic acids is 1. The molecular formula is C6H9NO. The number of hydrogen-bond donors (Lipinski definition) is 0. The van der Waals surface area contributed by atoms with Gasteiger partial charge in [-0.3, -0.25) is 4.79 Å². The molecule has 0 heterocycles. The van der Waals surface area contributed by atoms with Crippen LogP contribution in [0.25, 0.3) is 0 Å². The molecule has 0 unspecified atom stereocenters. The first-order chi connectivity index (χ1) is 3.72. The first-order valence-electron chi connectivity index (χ1n) is 2.36. The number of hydrogen-bond acceptors (Lipinski definition) is 1. The van der Waals surface area contributed by atoms with Crippen LogP contribution in [0.5, 0.6) is 0 Å². The molecule has 0 aliphatic rings. The van der Waals surface area contributed by atoms with E-state index < -0.39 is 0 Å². The molecule has 2 nitrogen and oxygen atoms in total. The Bertz CT molecular complexity index is 135. The fourth-order valence-electron chi connectivity index (χ4n) is 0.248. The summed E-state index contributed by atoms with van der Waals surface area (Å²) in [5.41, 5.74) is 0.639. The highest BCUT2D eigenvalue weighted by atomic mass is 16.1. The van der Waals surface area contributed by atoms with Gasteiger partial charge < -0.3 is 0 Å². The zero-order valence-electron chi connectivity index (χ0n) is 5.14. The van der Waals surface area contributed by atoms with Crippen LogP contribution in [0.2, 0.25) is 0 Å². The zero-order valence-corrected chi connectivity index (χ0v) is 5.14. The maximum atomic E-state index is 10.4. The SMILES string of the molecule is C=NC(=O)/C(C)=C/C. The number of amides is 1. The Labute approximate surface area is 48.9 Å². The zero-order chi connectivity index (χ0) is 6.57. The van der Waals surface area contributed by atoms with Crippen molar-refractivity contribution in [2.45, 2.75) is 13.8 Å². The van der Waals surface area contributed by atoms with Gasteiger partial charge in [0.05, 0.1) is 0 Å². The topological polar surface area (TPSA) is 29.4 Å². The molecule has 0 rings (SSSR count). The van der Waals surface area contributed by atoms with E-state index >= 15 is 0 Å². The average Bonchev–Trinajstić information content (AvgIpc) is 1.84. The van der Waals surface area contributed by atoms with Gasteiger partial charge in [0.15, 0.2) is 0 Å². The summed E-state index contributed by atoms with van der Waals surface area (Å²) < 4.78 is 0. The highest BCUT2D eigenvalue weighted by Gasteiger charge is 1.94. The quantitative estimate of drug-likeness (QED) is 0.369. The number of rotatable bonds is 1. The van der Waals surface area contributed by atoms with E-state index in [9.17, 15) is 4.79 Å². The standard InChI is InChI=1S/C6H9NO/c1-4-5(2)6(8)7-3/h4H,3H2,1-2H3/b5-4+. The molecular weight excluding hydrogens is 102 g/mol. The molecule has 0 aromatic carbocycles. The first kappa shape index (κ1) is 7.08. The second kappa shape index (κ2) is 3.13. The van der Waals surface area contributed by atoms with Crippen molar-refractivity contribution in [2.75, 3.05) is 0 Å². The molecule has 0 saturated heterocycles. The smallest absolute Gasteiger partial charge is 0.267 e. The van der Waals surface area contributed by atoms with Crippen molar-refractivity contribution in [3.05, 3.63) is 11.6 Å². The molecule has 0 saturated carbocycles. The van der Waals surface area contributed by atoms with Crippen LogP contribution in [0.1, 0.15) is 13.8 Å². The lowest BCUT2D eigenvalue weighted by Crippen LogP contribution is -1.91. The minimum Gasteiger partial charge on any atom is -0.267 e. The molecule has 0 radical (unpaired) electrons. The summed E-state index contributed by atoms with van der Waals surface area (Å²) in [7, 11) is 0. The highest BCUT2D eigenvalue weighted by molar-refractivity contribution is 5.95. The van der Waals surface area contributed by atoms with E-state index in [-0.39, 0.29) is 5.91 Å². The van der Waals surface area contributed by atoms with Crippen molar-refractivity contribution in [1.29, 1.82) is 0 Å². The van der Waals surface area contributed by atoms with Crippen molar-refractivity contribution in [1.82, 2.24) is 0 Å². The largest absolute Gasteiger partial charge is 0.271 e. The van der Waals surface area contributed by atoms with Crippen LogP contribution in [0.3, 0.4) is 0 Å². The Hall–Kier alpha value is -0.920. The van der Waals surface area contributed by atoms with Crippen LogP contribution >= 0.6 is 0 Å². The van der Waals surface area contributed by atoms with Gasteiger partial charge in [-0.15, -0.1) is 0 Å². The lowest BCUT2D eigenvalue weighted by atomic mass is 10.3. The molecule has 0 N–H and O–H groups in total. The van der Waals surface area contributed by atoms with Crippen molar-refractivity contribution in [2.24, 2.45) is 4.99 Å². The fraction of sp³-hybridized carbons (Fsp3) is 0.333. The third kappa shape index (κ3) is 1.69. The van der Waals surface area contributed by atoms with Crippen LogP contribution in [0.15, 0.2) is 16.6 Å². The molecule has 8 heavy (non-hydrogen) atoms. The first-order valence-corrected chi connectivity index (χ1v) is 2.36. The average molecular weight is 111 g/mol. The van der Waals surface area contributed by atoms with E-state index in [1.807, 2.05) is 0 Å². The molecule has 1 amide bonds. The third-order valence-electron chi connectivity index (χ3n) is 0.914. The Morgan fingerprint density at radius 2 is 2.25 bits per heavy atom. The molecule has 0 aromatic rings. The predicted octanol–water partition coefficient (Wildman–Crippen LogP) is 1.18. The van der Waals surface area contributed by atoms with E-state index in [1.165, 1.54) is 0 Å². The van der Waals surface area contributed by atoms with Gasteiger partial charge in [0.2, 0.25) is 0 Å². The molecule has 0 spiro atoms. The van der Waals surface area contributed by atoms with E-state index in [4.69, 9.17) is 0 Å². The van der Waals surface area contributed by atoms with Crippen LogP contribution in [0.4, 0.5) is 0 Å². The maximum Gasteiger partial charge on any atom is 0.271 e. The third-order valence-corrected chi connectivity index (χ3v) is 0.914. The number of aliphatic imine (C=N–C) groups is 1. The minimum atomic E-state index is -0.243. The predicted molar refractivity (Wildman–Crippen MR) is 34.0 cm³/mol. The molecule has 0 aromatic heterocycles. The number of carbonyl (C=O) groups is 1. The molecule has 44 valence electrons. The molecule has 0 aliphatic carbocycles. The monoisotopic (exact) mass is 111 g/mol. The van der Waals surface area contributed by atoms with Crippen molar-refractivity contribution >= 4 is 12.6 Å². The summed E-state index contributed by atoms with van der Waals surface area (Å²) in [5, 5.41) is 0. The van der Waals surface area contributed by atoms with Crippen molar-refractivity contribution in [3.63, 3.8) is 0 Å². The molecule has 0 atom stereocenters. The van der Waals surface area contributed by atoms with Gasteiger partial charge in [-0.25, -0.2) is 4.99 Å². The fourth-order valence-corrected chi connectivity index (χ4v) is 0.248. The van der Waals surface area contributed by atoms with Crippen LogP contribution < -0.4 is 0 Å². The van der Waals surface area contributed by atoms with Crippen LogP contribution in [0, 0.1) is 0 Å². The number of allylic oxidation sites excluding steroid dienone is 1. The van der Waals surface area contributed by atoms with Gasteiger partial charge in [0, 0.05) is 5.57 Å². The van der Waals surface area contributed by atoms with E-state index in [2.05, 4.69) is 11.7 Å². The van der Waals surface area contributed by atoms with Gasteiger partial charge in [0.25, 0.3) is 5.91 Å². The van der Waals surface area contributed by atoms with E-state index in [1.54, 1.807) is 19.9 Å². The Kier molecular flexibility index (Phi) is 2.77. The minimum absolute atomic E-state index is 0.243. The van der Waals surface area contributed by atoms with Crippen molar-refractivity contribution in [3.8, 4) is 0 Å². The Balaban J connectivity index is 4.03. The van der Waals surface area contributed by atoms with Gasteiger partial charge in [0.1, 0.15) is 0 Å². The summed E-state index contributed by atoms with van der Waals surface area (Å²) in [4.78, 5) is 13.6. The summed E-state index contributed by atoms with van der Waals surface area (Å²) in [6.07, 6.45) is 1.71. The maximum absolute atomic E-state index is 10.4. The Morgan fingerprint density at radius 3 is 2.38 bits per heavy atom. The normalized spacial score (nSPS) is 11.0. The second-order valence-electron chi connectivity index (χ2n) is 1.43. The Morgan fingerprint density at radius 1 is 1.75 bits per heavy atom. The van der Waals surface area contributed by atoms with Crippen molar-refractivity contribution < 1.29 is 4.79 Å². The van der Waals surface area contributed by atoms with Gasteiger partial charge >= 0.3 is 0 Å². The number of nitrogens with zero attached hydrogens (tertiary/aromatic N) is 1. The van der Waals surface area contributed by atoms with Gasteiger partial charge in [-0.2, -0.15) is 0 Å². The molecule has 0 aliphatic heterocycles. The summed E-state index contributed by atoms with van der Waals surface area (Å²) in [6.45, 7) is 6.58. The lowest BCUT2D eigenvalue weighted by Gasteiger charge is -1.86. The van der Waals surface area contributed by atoms with Crippen LogP contribution in [-0.2, 0) is 4.79 Å². The second-order valence-corrected chi connectivity index (χ2v) is 1.43.